The average molecular weight is 337 g/mol. The third-order valence-electron chi connectivity index (χ3n) is 4.37. The molecule has 0 saturated carbocycles. The molecule has 0 radical (unpaired) electrons. The van der Waals surface area contributed by atoms with E-state index in [1.807, 2.05) is 6.07 Å². The molecule has 3 aromatic heterocycles. The number of aromatic amines is 2. The summed E-state index contributed by atoms with van der Waals surface area (Å²) in [5, 5.41) is 17.6. The zero-order valence-electron chi connectivity index (χ0n) is 11.9. The molecule has 0 spiro atoms. The molecule has 0 fully saturated rings. The highest BCUT2D eigenvalue weighted by atomic mass is 32.1. The highest BCUT2D eigenvalue weighted by Crippen LogP contribution is 2.42. The van der Waals surface area contributed by atoms with Crippen LogP contribution in [0.4, 0.5) is 8.78 Å². The van der Waals surface area contributed by atoms with Crippen LogP contribution < -0.4 is 5.56 Å². The first-order chi connectivity index (χ1) is 11.0. The topological polar surface area (TPSA) is 81.8 Å². The fourth-order valence-corrected chi connectivity index (χ4v) is 4.26. The first-order valence-electron chi connectivity index (χ1n) is 7.19. The second kappa shape index (κ2) is 4.97. The molecule has 120 valence electrons. The van der Waals surface area contributed by atoms with Crippen molar-refractivity contribution in [2.24, 2.45) is 0 Å². The van der Waals surface area contributed by atoms with E-state index in [0.29, 0.717) is 28.5 Å². The van der Waals surface area contributed by atoms with E-state index in [1.54, 1.807) is 12.4 Å². The number of rotatable bonds is 2. The molecule has 5 nitrogen and oxygen atoms in total. The summed E-state index contributed by atoms with van der Waals surface area (Å²) in [6, 6.07) is 1.82. The zero-order valence-corrected chi connectivity index (χ0v) is 12.7. The van der Waals surface area contributed by atoms with Gasteiger partial charge in [0.05, 0.1) is 11.9 Å². The minimum absolute atomic E-state index is 0.0345. The van der Waals surface area contributed by atoms with Gasteiger partial charge in [0.2, 0.25) is 0 Å². The molecule has 3 heterocycles. The Kier molecular flexibility index (Phi) is 3.14. The summed E-state index contributed by atoms with van der Waals surface area (Å²) < 4.78 is 27.2. The maximum Gasteiger partial charge on any atom is 0.272 e. The Morgan fingerprint density at radius 1 is 1.43 bits per heavy atom. The number of hydrogen-bond donors (Lipinski definition) is 3. The van der Waals surface area contributed by atoms with Crippen molar-refractivity contribution in [3.05, 3.63) is 40.1 Å². The molecule has 3 N–H and O–H groups in total. The lowest BCUT2D eigenvalue weighted by Gasteiger charge is -2.33. The zero-order chi connectivity index (χ0) is 16.2. The van der Waals surface area contributed by atoms with Crippen molar-refractivity contribution in [2.75, 3.05) is 0 Å². The third kappa shape index (κ3) is 2.05. The van der Waals surface area contributed by atoms with Gasteiger partial charge in [0, 0.05) is 22.0 Å². The third-order valence-corrected chi connectivity index (χ3v) is 5.55. The van der Waals surface area contributed by atoms with Gasteiger partial charge in [0.15, 0.2) is 5.60 Å². The minimum Gasteiger partial charge on any atom is -0.378 e. The van der Waals surface area contributed by atoms with Crippen molar-refractivity contribution >= 4 is 21.4 Å². The normalized spacial score (nSPS) is 21.0. The summed E-state index contributed by atoms with van der Waals surface area (Å²) in [6.45, 7) is 0. The maximum atomic E-state index is 13.4. The first kappa shape index (κ1) is 14.5. The predicted octanol–water partition coefficient (Wildman–Crippen LogP) is 2.77. The van der Waals surface area contributed by atoms with Crippen LogP contribution in [0.2, 0.25) is 0 Å². The van der Waals surface area contributed by atoms with Gasteiger partial charge in [0.25, 0.3) is 12.0 Å². The van der Waals surface area contributed by atoms with Crippen LogP contribution in [-0.4, -0.2) is 26.7 Å². The number of aliphatic hydroxyl groups is 1. The van der Waals surface area contributed by atoms with Gasteiger partial charge < -0.3 is 10.1 Å². The van der Waals surface area contributed by atoms with E-state index in [-0.39, 0.29) is 12.1 Å². The SMILES string of the molecule is O=c1[nH]c2c(c3cc(-c4cn[nH]c4)sc13)CCCC2(O)C(F)F. The van der Waals surface area contributed by atoms with E-state index in [1.165, 1.54) is 11.3 Å². The second-order valence-corrected chi connectivity index (χ2v) is 6.78. The Balaban J connectivity index is 2.01. The molecule has 0 saturated heterocycles. The van der Waals surface area contributed by atoms with Crippen LogP contribution >= 0.6 is 11.3 Å². The molecule has 3 aromatic rings. The number of aryl methyl sites for hydroxylation is 1. The van der Waals surface area contributed by atoms with E-state index >= 15 is 0 Å². The molecular weight excluding hydrogens is 324 g/mol. The van der Waals surface area contributed by atoms with Gasteiger partial charge in [-0.25, -0.2) is 8.78 Å². The second-order valence-electron chi connectivity index (χ2n) is 5.73. The molecule has 1 atom stereocenters. The fourth-order valence-electron chi connectivity index (χ4n) is 3.20. The lowest BCUT2D eigenvalue weighted by Crippen LogP contribution is -2.40. The van der Waals surface area contributed by atoms with E-state index in [9.17, 15) is 18.7 Å². The molecule has 1 unspecified atom stereocenters. The summed E-state index contributed by atoms with van der Waals surface area (Å²) in [6.07, 6.45) is 1.35. The Hall–Kier alpha value is -2.06. The molecule has 0 bridgehead atoms. The number of halogens is 2. The summed E-state index contributed by atoms with van der Waals surface area (Å²) in [4.78, 5) is 15.7. The van der Waals surface area contributed by atoms with E-state index in [2.05, 4.69) is 15.2 Å². The Morgan fingerprint density at radius 3 is 2.96 bits per heavy atom. The molecular formula is C15H13F2N3O2S. The van der Waals surface area contributed by atoms with Crippen LogP contribution in [0.5, 0.6) is 0 Å². The number of fused-ring (bicyclic) bond motifs is 3. The van der Waals surface area contributed by atoms with Gasteiger partial charge in [-0.15, -0.1) is 11.3 Å². The highest BCUT2D eigenvalue weighted by Gasteiger charge is 2.44. The lowest BCUT2D eigenvalue weighted by atomic mass is 9.82. The Bertz CT molecular complexity index is 932. The maximum absolute atomic E-state index is 13.4. The Morgan fingerprint density at radius 2 is 2.26 bits per heavy atom. The van der Waals surface area contributed by atoms with Crippen molar-refractivity contribution in [3.8, 4) is 10.4 Å². The van der Waals surface area contributed by atoms with Crippen molar-refractivity contribution < 1.29 is 13.9 Å². The van der Waals surface area contributed by atoms with Crippen LogP contribution in [0, 0.1) is 0 Å². The van der Waals surface area contributed by atoms with E-state index in [4.69, 9.17) is 0 Å². The smallest absolute Gasteiger partial charge is 0.272 e. The summed E-state index contributed by atoms with van der Waals surface area (Å²) >= 11 is 1.29. The summed E-state index contributed by atoms with van der Waals surface area (Å²) in [7, 11) is 0. The number of pyridine rings is 1. The molecule has 1 aliphatic carbocycles. The average Bonchev–Trinajstić information content (AvgIpc) is 3.17. The number of aromatic nitrogens is 3. The van der Waals surface area contributed by atoms with Crippen molar-refractivity contribution in [1.82, 2.24) is 15.2 Å². The molecule has 23 heavy (non-hydrogen) atoms. The highest BCUT2D eigenvalue weighted by molar-refractivity contribution is 7.22. The standard InChI is InChI=1S/C15H13F2N3O2S/c16-14(17)15(22)3-1-2-8-9-4-10(7-5-18-19-6-7)23-11(9)13(21)20-12(8)15/h4-6,14,22H,1-3H2,(H,18,19)(H,20,21). The molecule has 1 aliphatic rings. The lowest BCUT2D eigenvalue weighted by molar-refractivity contribution is -0.114. The summed E-state index contributed by atoms with van der Waals surface area (Å²) in [5.41, 5.74) is -1.32. The monoisotopic (exact) mass is 337 g/mol. The molecule has 4 rings (SSSR count). The van der Waals surface area contributed by atoms with Gasteiger partial charge in [-0.2, -0.15) is 5.10 Å². The fraction of sp³-hybridized carbons (Fsp3) is 0.333. The molecule has 0 aliphatic heterocycles. The number of nitrogens with one attached hydrogen (secondary N) is 2. The van der Waals surface area contributed by atoms with Gasteiger partial charge in [-0.3, -0.25) is 9.89 Å². The van der Waals surface area contributed by atoms with Gasteiger partial charge in [-0.05, 0) is 30.9 Å². The van der Waals surface area contributed by atoms with Crippen molar-refractivity contribution in [1.29, 1.82) is 0 Å². The minimum atomic E-state index is -2.94. The number of H-pyrrole nitrogens is 2. The molecule has 0 amide bonds. The Labute approximate surface area is 133 Å². The van der Waals surface area contributed by atoms with Crippen molar-refractivity contribution in [3.63, 3.8) is 0 Å². The number of alkyl halides is 2. The number of hydrogen-bond acceptors (Lipinski definition) is 4. The first-order valence-corrected chi connectivity index (χ1v) is 8.01. The van der Waals surface area contributed by atoms with Gasteiger partial charge in [0.1, 0.15) is 4.70 Å². The van der Waals surface area contributed by atoms with Crippen molar-refractivity contribution in [2.45, 2.75) is 31.3 Å². The summed E-state index contributed by atoms with van der Waals surface area (Å²) in [5.74, 6) is 0. The van der Waals surface area contributed by atoms with Gasteiger partial charge >= 0.3 is 0 Å². The molecule has 0 aromatic carbocycles. The van der Waals surface area contributed by atoms with E-state index in [0.717, 1.165) is 10.4 Å². The van der Waals surface area contributed by atoms with Crippen LogP contribution in [0.3, 0.4) is 0 Å². The predicted molar refractivity (Wildman–Crippen MR) is 82.9 cm³/mol. The number of nitrogens with zero attached hydrogens (tertiary/aromatic N) is 1. The largest absolute Gasteiger partial charge is 0.378 e. The number of thiophene rings is 1. The van der Waals surface area contributed by atoms with Crippen LogP contribution in [0.15, 0.2) is 23.3 Å². The van der Waals surface area contributed by atoms with Gasteiger partial charge in [-0.1, -0.05) is 0 Å². The molecule has 8 heteroatoms. The van der Waals surface area contributed by atoms with E-state index < -0.39 is 17.6 Å². The quantitative estimate of drug-likeness (QED) is 0.672. The van der Waals surface area contributed by atoms with Crippen LogP contribution in [-0.2, 0) is 12.0 Å². The van der Waals surface area contributed by atoms with Crippen LogP contribution in [0.1, 0.15) is 24.1 Å². The van der Waals surface area contributed by atoms with Crippen LogP contribution in [0.25, 0.3) is 20.5 Å².